The highest BCUT2D eigenvalue weighted by molar-refractivity contribution is 5.08. The number of imidazole rings is 1. The molecule has 28 heavy (non-hydrogen) atoms. The first-order valence-electron chi connectivity index (χ1n) is 11.2. The van der Waals surface area contributed by atoms with Gasteiger partial charge in [0, 0.05) is 50.5 Å². The molecule has 2 aromatic heterocycles. The maximum atomic E-state index is 4.62. The van der Waals surface area contributed by atoms with Crippen LogP contribution in [0.2, 0.25) is 0 Å². The van der Waals surface area contributed by atoms with E-state index in [2.05, 4.69) is 43.5 Å². The highest BCUT2D eigenvalue weighted by atomic mass is 15.2. The number of rotatable bonds is 8. The molecule has 0 spiro atoms. The Labute approximate surface area is 169 Å². The van der Waals surface area contributed by atoms with Crippen molar-refractivity contribution in [3.05, 3.63) is 48.3 Å². The molecular weight excluding hydrogens is 346 g/mol. The van der Waals surface area contributed by atoms with E-state index in [1.807, 2.05) is 24.7 Å². The molecule has 0 atom stereocenters. The van der Waals surface area contributed by atoms with Gasteiger partial charge in [-0.25, -0.2) is 4.98 Å². The van der Waals surface area contributed by atoms with Gasteiger partial charge in [0.25, 0.3) is 0 Å². The molecule has 1 saturated carbocycles. The number of hydrogen-bond acceptors (Lipinski definition) is 4. The molecule has 0 radical (unpaired) electrons. The third-order valence-electron chi connectivity index (χ3n) is 6.64. The van der Waals surface area contributed by atoms with E-state index in [0.29, 0.717) is 0 Å². The minimum Gasteiger partial charge on any atom is -0.334 e. The first-order valence-corrected chi connectivity index (χ1v) is 11.2. The summed E-state index contributed by atoms with van der Waals surface area (Å²) in [6, 6.07) is 5.11. The Morgan fingerprint density at radius 1 is 1.07 bits per heavy atom. The molecule has 0 N–H and O–H groups in total. The molecule has 2 aliphatic rings. The van der Waals surface area contributed by atoms with E-state index >= 15 is 0 Å². The number of aromatic nitrogens is 3. The number of likely N-dealkylation sites (tertiary alicyclic amines) is 1. The number of aryl methyl sites for hydroxylation is 1. The van der Waals surface area contributed by atoms with Crippen molar-refractivity contribution in [1.29, 1.82) is 0 Å². The molecule has 5 nitrogen and oxygen atoms in total. The van der Waals surface area contributed by atoms with Crippen molar-refractivity contribution in [1.82, 2.24) is 24.3 Å². The minimum absolute atomic E-state index is 0.791. The van der Waals surface area contributed by atoms with Crippen LogP contribution in [-0.4, -0.2) is 50.0 Å². The maximum Gasteiger partial charge on any atom is 0.122 e. The van der Waals surface area contributed by atoms with Gasteiger partial charge in [0.15, 0.2) is 0 Å². The number of hydrogen-bond donors (Lipinski definition) is 0. The molecule has 1 aliphatic heterocycles. The van der Waals surface area contributed by atoms with Gasteiger partial charge >= 0.3 is 0 Å². The largest absolute Gasteiger partial charge is 0.334 e. The Balaban J connectivity index is 1.37. The lowest BCUT2D eigenvalue weighted by Crippen LogP contribution is -2.42. The zero-order valence-corrected chi connectivity index (χ0v) is 17.3. The number of piperidine rings is 1. The van der Waals surface area contributed by atoms with Crippen LogP contribution >= 0.6 is 0 Å². The monoisotopic (exact) mass is 381 g/mol. The van der Waals surface area contributed by atoms with Crippen LogP contribution in [0.15, 0.2) is 36.9 Å². The summed E-state index contributed by atoms with van der Waals surface area (Å²) in [4.78, 5) is 14.3. The van der Waals surface area contributed by atoms with Crippen LogP contribution in [0.3, 0.4) is 0 Å². The van der Waals surface area contributed by atoms with Gasteiger partial charge in [-0.3, -0.25) is 9.88 Å². The van der Waals surface area contributed by atoms with E-state index in [9.17, 15) is 0 Å². The van der Waals surface area contributed by atoms with Crippen LogP contribution < -0.4 is 0 Å². The fraction of sp³-hybridized carbons (Fsp3) is 0.652. The molecule has 0 aromatic carbocycles. The van der Waals surface area contributed by atoms with Crippen molar-refractivity contribution >= 4 is 0 Å². The van der Waals surface area contributed by atoms with E-state index < -0.39 is 0 Å². The Hall–Kier alpha value is -1.72. The summed E-state index contributed by atoms with van der Waals surface area (Å²) in [7, 11) is 0. The molecule has 152 valence electrons. The van der Waals surface area contributed by atoms with Gasteiger partial charge in [-0.15, -0.1) is 0 Å². The van der Waals surface area contributed by atoms with Crippen LogP contribution in [0, 0.1) is 5.92 Å². The third kappa shape index (κ3) is 5.00. The first-order chi connectivity index (χ1) is 13.8. The zero-order chi connectivity index (χ0) is 19.2. The predicted octanol–water partition coefficient (Wildman–Crippen LogP) is 3.95. The fourth-order valence-electron chi connectivity index (χ4n) is 5.05. The predicted molar refractivity (Wildman–Crippen MR) is 113 cm³/mol. The van der Waals surface area contributed by atoms with Crippen molar-refractivity contribution in [3.63, 3.8) is 0 Å². The molecule has 0 unspecified atom stereocenters. The molecule has 2 aromatic rings. The topological polar surface area (TPSA) is 37.2 Å². The van der Waals surface area contributed by atoms with Gasteiger partial charge in [-0.2, -0.15) is 0 Å². The highest BCUT2D eigenvalue weighted by Gasteiger charge is 2.28. The lowest BCUT2D eigenvalue weighted by molar-refractivity contribution is 0.105. The summed E-state index contributed by atoms with van der Waals surface area (Å²) < 4.78 is 2.26. The second-order valence-corrected chi connectivity index (χ2v) is 8.58. The molecule has 3 heterocycles. The molecule has 1 saturated heterocycles. The SMILES string of the molecule is CCn1ccnc1CN(Cc1cccnc1)CC1CCN(C2CCCC2)CC1. The average Bonchev–Trinajstić information content (AvgIpc) is 3.41. The maximum absolute atomic E-state index is 4.62. The average molecular weight is 382 g/mol. The van der Waals surface area contributed by atoms with E-state index in [1.165, 1.54) is 63.0 Å². The van der Waals surface area contributed by atoms with Crippen LogP contribution in [0.1, 0.15) is 56.8 Å². The molecule has 2 fully saturated rings. The second kappa shape index (κ2) is 9.66. The summed E-state index contributed by atoms with van der Waals surface area (Å²) in [6.45, 7) is 8.78. The van der Waals surface area contributed by atoms with E-state index in [1.54, 1.807) is 0 Å². The van der Waals surface area contributed by atoms with Gasteiger partial charge in [-0.05, 0) is 63.2 Å². The molecular formula is C23H35N5. The van der Waals surface area contributed by atoms with Crippen molar-refractivity contribution < 1.29 is 0 Å². The van der Waals surface area contributed by atoms with Crippen LogP contribution in [0.5, 0.6) is 0 Å². The lowest BCUT2D eigenvalue weighted by atomic mass is 9.94. The van der Waals surface area contributed by atoms with Gasteiger partial charge < -0.3 is 9.47 Å². The minimum atomic E-state index is 0.791. The first kappa shape index (κ1) is 19.6. The normalized spacial score (nSPS) is 19.6. The standard InChI is InChI=1S/C23H35N5/c1-2-27-15-12-25-23(27)19-26(18-21-6-5-11-24-16-21)17-20-9-13-28(14-10-20)22-7-3-4-8-22/h5-6,11-12,15-16,20,22H,2-4,7-10,13-14,17-19H2,1H3. The fourth-order valence-corrected chi connectivity index (χ4v) is 5.05. The molecule has 0 amide bonds. The van der Waals surface area contributed by atoms with Gasteiger partial charge in [0.2, 0.25) is 0 Å². The summed E-state index contributed by atoms with van der Waals surface area (Å²) in [6.07, 6.45) is 16.3. The van der Waals surface area contributed by atoms with Crippen LogP contribution in [-0.2, 0) is 19.6 Å². The molecule has 1 aliphatic carbocycles. The van der Waals surface area contributed by atoms with Crippen LogP contribution in [0.4, 0.5) is 0 Å². The molecule has 4 rings (SSSR count). The van der Waals surface area contributed by atoms with Gasteiger partial charge in [-0.1, -0.05) is 18.9 Å². The quantitative estimate of drug-likeness (QED) is 0.694. The van der Waals surface area contributed by atoms with Crippen molar-refractivity contribution in [2.75, 3.05) is 19.6 Å². The zero-order valence-electron chi connectivity index (χ0n) is 17.3. The summed E-state index contributed by atoms with van der Waals surface area (Å²) in [5.41, 5.74) is 1.29. The second-order valence-electron chi connectivity index (χ2n) is 8.58. The Morgan fingerprint density at radius 2 is 1.89 bits per heavy atom. The van der Waals surface area contributed by atoms with Crippen LogP contribution in [0.25, 0.3) is 0 Å². The summed E-state index contributed by atoms with van der Waals surface area (Å²) >= 11 is 0. The molecule has 5 heteroatoms. The Kier molecular flexibility index (Phi) is 6.76. The lowest BCUT2D eigenvalue weighted by Gasteiger charge is -2.37. The van der Waals surface area contributed by atoms with E-state index in [-0.39, 0.29) is 0 Å². The number of nitrogens with zero attached hydrogens (tertiary/aromatic N) is 5. The number of pyridine rings is 1. The third-order valence-corrected chi connectivity index (χ3v) is 6.64. The van der Waals surface area contributed by atoms with Crippen molar-refractivity contribution in [2.45, 2.75) is 71.1 Å². The Morgan fingerprint density at radius 3 is 2.61 bits per heavy atom. The Bertz CT molecular complexity index is 699. The summed E-state index contributed by atoms with van der Waals surface area (Å²) in [5, 5.41) is 0. The van der Waals surface area contributed by atoms with E-state index in [4.69, 9.17) is 0 Å². The van der Waals surface area contributed by atoms with Gasteiger partial charge in [0.05, 0.1) is 6.54 Å². The highest BCUT2D eigenvalue weighted by Crippen LogP contribution is 2.28. The van der Waals surface area contributed by atoms with E-state index in [0.717, 1.165) is 38.1 Å². The summed E-state index contributed by atoms with van der Waals surface area (Å²) in [5.74, 6) is 1.97. The smallest absolute Gasteiger partial charge is 0.122 e. The van der Waals surface area contributed by atoms with Crippen molar-refractivity contribution in [3.8, 4) is 0 Å². The van der Waals surface area contributed by atoms with Gasteiger partial charge in [0.1, 0.15) is 5.82 Å². The van der Waals surface area contributed by atoms with Crippen molar-refractivity contribution in [2.24, 2.45) is 5.92 Å². The molecule has 0 bridgehead atoms.